The Bertz CT molecular complexity index is 589. The monoisotopic (exact) mass is 289 g/mol. The first-order valence-corrected chi connectivity index (χ1v) is 6.53. The summed E-state index contributed by atoms with van der Waals surface area (Å²) in [7, 11) is 0. The van der Waals surface area contributed by atoms with E-state index in [2.05, 4.69) is 5.32 Å². The third kappa shape index (κ3) is 4.29. The maximum Gasteiger partial charge on any atom is 0.246 e. The van der Waals surface area contributed by atoms with Crippen LogP contribution in [0, 0.1) is 5.82 Å². The topological polar surface area (TPSA) is 58.6 Å². The van der Waals surface area contributed by atoms with Gasteiger partial charge in [-0.05, 0) is 17.7 Å². The number of halogens is 1. The van der Waals surface area contributed by atoms with Crippen LogP contribution < -0.4 is 10.1 Å². The van der Waals surface area contributed by atoms with Gasteiger partial charge in [-0.3, -0.25) is 4.79 Å². The van der Waals surface area contributed by atoms with E-state index in [1.807, 2.05) is 30.3 Å². The van der Waals surface area contributed by atoms with Crippen LogP contribution in [0.2, 0.25) is 0 Å². The number of hydrogen-bond acceptors (Lipinski definition) is 3. The summed E-state index contributed by atoms with van der Waals surface area (Å²) < 4.78 is 18.9. The number of aliphatic hydroxyl groups excluding tert-OH is 1. The van der Waals surface area contributed by atoms with Gasteiger partial charge in [0.1, 0.15) is 13.2 Å². The van der Waals surface area contributed by atoms with E-state index >= 15 is 0 Å². The number of amides is 1. The van der Waals surface area contributed by atoms with Gasteiger partial charge in [0.15, 0.2) is 11.6 Å². The summed E-state index contributed by atoms with van der Waals surface area (Å²) in [6.07, 6.45) is 0. The number of ether oxygens (including phenoxy) is 1. The van der Waals surface area contributed by atoms with Gasteiger partial charge in [0.2, 0.25) is 5.91 Å². The minimum Gasteiger partial charge on any atom is -0.488 e. The predicted octanol–water partition coefficient (Wildman–Crippen LogP) is 2.05. The Balaban J connectivity index is 2.09. The molecule has 0 aliphatic carbocycles. The normalized spacial score (nSPS) is 11.7. The van der Waals surface area contributed by atoms with Crippen molar-refractivity contribution in [3.8, 4) is 5.75 Å². The van der Waals surface area contributed by atoms with Crippen molar-refractivity contribution < 1.29 is 19.0 Å². The van der Waals surface area contributed by atoms with E-state index in [4.69, 9.17) is 9.84 Å². The number of aliphatic hydroxyl groups is 1. The Morgan fingerprint density at radius 1 is 1.14 bits per heavy atom. The Morgan fingerprint density at radius 3 is 2.48 bits per heavy atom. The predicted molar refractivity (Wildman–Crippen MR) is 76.3 cm³/mol. The summed E-state index contributed by atoms with van der Waals surface area (Å²) in [6.45, 7) is -0.542. The second-order valence-corrected chi connectivity index (χ2v) is 4.43. The molecule has 0 aliphatic rings. The van der Waals surface area contributed by atoms with Crippen molar-refractivity contribution in [2.24, 2.45) is 0 Å². The number of hydrogen-bond donors (Lipinski definition) is 2. The van der Waals surface area contributed by atoms with E-state index in [1.165, 1.54) is 12.1 Å². The van der Waals surface area contributed by atoms with Gasteiger partial charge >= 0.3 is 0 Å². The zero-order chi connectivity index (χ0) is 15.1. The smallest absolute Gasteiger partial charge is 0.246 e. The van der Waals surface area contributed by atoms with Crippen LogP contribution in [0.15, 0.2) is 54.6 Å². The van der Waals surface area contributed by atoms with Crippen molar-refractivity contribution in [3.63, 3.8) is 0 Å². The number of benzene rings is 2. The molecule has 2 aromatic rings. The number of nitrogens with one attached hydrogen (secondary N) is 1. The molecule has 21 heavy (non-hydrogen) atoms. The number of carbonyl (C=O) groups excluding carboxylic acids is 1. The lowest BCUT2D eigenvalue weighted by atomic mass is 10.1. The van der Waals surface area contributed by atoms with Crippen molar-refractivity contribution in [3.05, 3.63) is 66.0 Å². The van der Waals surface area contributed by atoms with Gasteiger partial charge in [-0.2, -0.15) is 0 Å². The molecule has 0 aromatic heterocycles. The molecule has 0 radical (unpaired) electrons. The molecular formula is C16H16FNO3. The van der Waals surface area contributed by atoms with E-state index in [9.17, 15) is 9.18 Å². The molecule has 1 atom stereocenters. The molecule has 4 nitrogen and oxygen atoms in total. The molecule has 2 rings (SSSR count). The van der Waals surface area contributed by atoms with Crippen LogP contribution in [0.25, 0.3) is 0 Å². The van der Waals surface area contributed by atoms with Crippen LogP contribution in [0.4, 0.5) is 4.39 Å². The third-order valence-corrected chi connectivity index (χ3v) is 2.92. The molecular weight excluding hydrogens is 273 g/mol. The van der Waals surface area contributed by atoms with Gasteiger partial charge in [-0.25, -0.2) is 4.39 Å². The van der Waals surface area contributed by atoms with E-state index < -0.39 is 24.4 Å². The molecule has 0 spiro atoms. The van der Waals surface area contributed by atoms with Gasteiger partial charge in [-0.15, -0.1) is 0 Å². The fourth-order valence-electron chi connectivity index (χ4n) is 1.88. The maximum absolute atomic E-state index is 13.5. The van der Waals surface area contributed by atoms with Crippen molar-refractivity contribution >= 4 is 5.91 Å². The van der Waals surface area contributed by atoms with Gasteiger partial charge < -0.3 is 15.2 Å². The van der Waals surface area contributed by atoms with Crippen molar-refractivity contribution in [1.29, 1.82) is 0 Å². The Morgan fingerprint density at radius 2 is 1.81 bits per heavy atom. The van der Waals surface area contributed by atoms with E-state index in [0.717, 1.165) is 5.56 Å². The molecule has 2 aromatic carbocycles. The third-order valence-electron chi connectivity index (χ3n) is 2.92. The van der Waals surface area contributed by atoms with Gasteiger partial charge in [0.05, 0.1) is 6.04 Å². The summed E-state index contributed by atoms with van der Waals surface area (Å²) in [4.78, 5) is 11.4. The Labute approximate surface area is 122 Å². The van der Waals surface area contributed by atoms with Gasteiger partial charge in [0.25, 0.3) is 0 Å². The molecule has 2 N–H and O–H groups in total. The number of rotatable bonds is 6. The zero-order valence-electron chi connectivity index (χ0n) is 11.3. The molecule has 0 bridgehead atoms. The van der Waals surface area contributed by atoms with Crippen molar-refractivity contribution in [1.82, 2.24) is 5.32 Å². The first-order valence-electron chi connectivity index (χ1n) is 6.53. The lowest BCUT2D eigenvalue weighted by Gasteiger charge is -2.19. The largest absolute Gasteiger partial charge is 0.488 e. The van der Waals surface area contributed by atoms with Gasteiger partial charge in [-0.1, -0.05) is 42.5 Å². The lowest BCUT2D eigenvalue weighted by molar-refractivity contribution is -0.124. The van der Waals surface area contributed by atoms with Crippen LogP contribution in [0.5, 0.6) is 5.75 Å². The summed E-state index contributed by atoms with van der Waals surface area (Å²) in [5.41, 5.74) is 0.815. The van der Waals surface area contributed by atoms with Crippen molar-refractivity contribution in [2.45, 2.75) is 6.04 Å². The molecule has 110 valence electrons. The Kier molecular flexibility index (Phi) is 5.29. The quantitative estimate of drug-likeness (QED) is 0.855. The maximum atomic E-state index is 13.5. The fourth-order valence-corrected chi connectivity index (χ4v) is 1.88. The molecule has 1 unspecified atom stereocenters. The first kappa shape index (κ1) is 15.0. The van der Waals surface area contributed by atoms with Crippen LogP contribution >= 0.6 is 0 Å². The standard InChI is InChI=1S/C16H16FNO3/c17-13-8-4-5-9-15(13)21-11-14(18-16(20)10-19)12-6-2-1-3-7-12/h1-9,14,19H,10-11H2,(H,18,20). The van der Waals surface area contributed by atoms with Crippen LogP contribution in [-0.2, 0) is 4.79 Å². The summed E-state index contributed by atoms with van der Waals surface area (Å²) in [5.74, 6) is -0.851. The molecule has 0 fully saturated rings. The average Bonchev–Trinajstić information content (AvgIpc) is 2.53. The molecule has 0 heterocycles. The molecule has 0 aliphatic heterocycles. The number of para-hydroxylation sites is 1. The highest BCUT2D eigenvalue weighted by atomic mass is 19.1. The minimum absolute atomic E-state index is 0.0662. The summed E-state index contributed by atoms with van der Waals surface area (Å²) in [5, 5.41) is 11.5. The van der Waals surface area contributed by atoms with E-state index in [1.54, 1.807) is 12.1 Å². The van der Waals surface area contributed by atoms with Crippen molar-refractivity contribution in [2.75, 3.05) is 13.2 Å². The van der Waals surface area contributed by atoms with E-state index in [0.29, 0.717) is 0 Å². The van der Waals surface area contributed by atoms with E-state index in [-0.39, 0.29) is 12.4 Å². The number of carbonyl (C=O) groups is 1. The van der Waals surface area contributed by atoms with Crippen LogP contribution in [-0.4, -0.2) is 24.2 Å². The first-order chi connectivity index (χ1) is 10.2. The molecule has 5 heteroatoms. The molecule has 0 saturated carbocycles. The second kappa shape index (κ2) is 7.40. The lowest BCUT2D eigenvalue weighted by Crippen LogP contribution is -2.34. The summed E-state index contributed by atoms with van der Waals surface area (Å²) >= 11 is 0. The highest BCUT2D eigenvalue weighted by Crippen LogP contribution is 2.19. The zero-order valence-corrected chi connectivity index (χ0v) is 11.3. The van der Waals surface area contributed by atoms with Gasteiger partial charge in [0, 0.05) is 0 Å². The minimum atomic E-state index is -0.608. The Hall–Kier alpha value is -2.40. The SMILES string of the molecule is O=C(CO)NC(COc1ccccc1F)c1ccccc1. The van der Waals surface area contributed by atoms with Crippen LogP contribution in [0.1, 0.15) is 11.6 Å². The average molecular weight is 289 g/mol. The molecule has 1 amide bonds. The fraction of sp³-hybridized carbons (Fsp3) is 0.188. The highest BCUT2D eigenvalue weighted by molar-refractivity contribution is 5.77. The van der Waals surface area contributed by atoms with Crippen LogP contribution in [0.3, 0.4) is 0 Å². The second-order valence-electron chi connectivity index (χ2n) is 4.43. The highest BCUT2D eigenvalue weighted by Gasteiger charge is 2.15. The molecule has 0 saturated heterocycles. The summed E-state index contributed by atoms with van der Waals surface area (Å²) in [6, 6.07) is 14.8.